The highest BCUT2D eigenvalue weighted by molar-refractivity contribution is 6.00. The van der Waals surface area contributed by atoms with Crippen molar-refractivity contribution in [1.29, 1.82) is 0 Å². The van der Waals surface area contributed by atoms with Crippen molar-refractivity contribution < 1.29 is 4.79 Å². The van der Waals surface area contributed by atoms with E-state index in [2.05, 4.69) is 31.8 Å². The van der Waals surface area contributed by atoms with Gasteiger partial charge in [-0.05, 0) is 36.2 Å². The molecule has 3 aromatic heterocycles. The van der Waals surface area contributed by atoms with Crippen molar-refractivity contribution in [3.05, 3.63) is 67.4 Å². The first kappa shape index (κ1) is 20.9. The van der Waals surface area contributed by atoms with E-state index in [9.17, 15) is 4.79 Å². The van der Waals surface area contributed by atoms with Crippen LogP contribution in [0.3, 0.4) is 0 Å². The molecule has 0 aliphatic heterocycles. The zero-order valence-corrected chi connectivity index (χ0v) is 17.4. The van der Waals surface area contributed by atoms with Crippen molar-refractivity contribution in [2.24, 2.45) is 0 Å². The molecule has 154 valence electrons. The van der Waals surface area contributed by atoms with E-state index in [1.165, 1.54) is 6.33 Å². The Bertz CT molecular complexity index is 1020. The summed E-state index contributed by atoms with van der Waals surface area (Å²) < 4.78 is 0. The molecule has 3 heterocycles. The number of aromatic nitrogens is 4. The maximum absolute atomic E-state index is 13.1. The summed E-state index contributed by atoms with van der Waals surface area (Å²) in [5.41, 5.74) is 2.27. The van der Waals surface area contributed by atoms with E-state index in [0.29, 0.717) is 29.6 Å². The number of amides is 1. The van der Waals surface area contributed by atoms with Crippen LogP contribution in [0.15, 0.2) is 61.8 Å². The maximum Gasteiger partial charge on any atom is 0.257 e. The lowest BCUT2D eigenvalue weighted by Gasteiger charge is -2.21. The molecule has 3 rings (SSSR count). The number of rotatable bonds is 8. The molecule has 8 heteroatoms. The summed E-state index contributed by atoms with van der Waals surface area (Å²) in [5.74, 6) is 1.83. The Kier molecular flexibility index (Phi) is 6.69. The lowest BCUT2D eigenvalue weighted by molar-refractivity contribution is 0.0798. The van der Waals surface area contributed by atoms with E-state index < -0.39 is 0 Å². The van der Waals surface area contributed by atoms with Crippen molar-refractivity contribution in [3.63, 3.8) is 0 Å². The fourth-order valence-electron chi connectivity index (χ4n) is 2.90. The summed E-state index contributed by atoms with van der Waals surface area (Å²) in [6.07, 6.45) is 9.13. The molecule has 0 aromatic carbocycles. The molecule has 0 bridgehead atoms. The van der Waals surface area contributed by atoms with Crippen molar-refractivity contribution in [1.82, 2.24) is 24.8 Å². The molecular weight excluding hydrogens is 378 g/mol. The molecule has 0 atom stereocenters. The number of carbonyl (C=O) groups is 1. The number of nitrogens with one attached hydrogen (secondary N) is 1. The van der Waals surface area contributed by atoms with E-state index >= 15 is 0 Å². The van der Waals surface area contributed by atoms with Crippen LogP contribution in [0.2, 0.25) is 0 Å². The van der Waals surface area contributed by atoms with Crippen LogP contribution >= 0.6 is 0 Å². The maximum atomic E-state index is 13.1. The van der Waals surface area contributed by atoms with Crippen LogP contribution in [0, 0.1) is 0 Å². The lowest BCUT2D eigenvalue weighted by Crippen LogP contribution is -2.29. The molecule has 0 fully saturated rings. The summed E-state index contributed by atoms with van der Waals surface area (Å²) in [7, 11) is 5.53. The van der Waals surface area contributed by atoms with Gasteiger partial charge >= 0.3 is 0 Å². The topological polar surface area (TPSA) is 87.1 Å². The highest BCUT2D eigenvalue weighted by Crippen LogP contribution is 2.27. The van der Waals surface area contributed by atoms with E-state index in [-0.39, 0.29) is 5.91 Å². The average molecular weight is 403 g/mol. The highest BCUT2D eigenvalue weighted by atomic mass is 16.2. The first-order chi connectivity index (χ1) is 14.5. The summed E-state index contributed by atoms with van der Waals surface area (Å²) in [6.45, 7) is 4.32. The largest absolute Gasteiger partial charge is 0.362 e. The van der Waals surface area contributed by atoms with E-state index in [0.717, 1.165) is 17.5 Å². The van der Waals surface area contributed by atoms with Gasteiger partial charge in [0, 0.05) is 51.8 Å². The van der Waals surface area contributed by atoms with Gasteiger partial charge in [-0.15, -0.1) is 6.58 Å². The minimum Gasteiger partial charge on any atom is -0.362 e. The highest BCUT2D eigenvalue weighted by Gasteiger charge is 2.19. The van der Waals surface area contributed by atoms with Crippen molar-refractivity contribution in [2.75, 3.05) is 37.9 Å². The second kappa shape index (κ2) is 9.60. The molecule has 3 aromatic rings. The quantitative estimate of drug-likeness (QED) is 0.577. The second-order valence-electron chi connectivity index (χ2n) is 6.94. The van der Waals surface area contributed by atoms with E-state index in [1.54, 1.807) is 42.7 Å². The Morgan fingerprint density at radius 3 is 2.60 bits per heavy atom. The number of pyridine rings is 2. The number of anilines is 3. The first-order valence-corrected chi connectivity index (χ1v) is 9.52. The normalized spacial score (nSPS) is 10.4. The molecule has 30 heavy (non-hydrogen) atoms. The third-order valence-corrected chi connectivity index (χ3v) is 4.47. The average Bonchev–Trinajstić information content (AvgIpc) is 2.77. The zero-order chi connectivity index (χ0) is 21.5. The molecule has 0 saturated heterocycles. The summed E-state index contributed by atoms with van der Waals surface area (Å²) in [4.78, 5) is 33.5. The molecule has 0 spiro atoms. The standard InChI is InChI=1S/C22H25N7O/c1-5-6-11-29(4)22(30)18-12-17(14-25-21(18)28(2)3)16-7-10-24-20(13-16)27-19-8-9-23-15-26-19/h5,7-10,12-15H,1,6,11H2,2-4H3,(H,23,24,26,27). The zero-order valence-electron chi connectivity index (χ0n) is 17.4. The Morgan fingerprint density at radius 1 is 1.07 bits per heavy atom. The number of carbonyl (C=O) groups excluding carboxylic acids is 1. The summed E-state index contributed by atoms with van der Waals surface area (Å²) in [5, 5.41) is 3.15. The van der Waals surface area contributed by atoms with Crippen LogP contribution in [0.1, 0.15) is 16.8 Å². The van der Waals surface area contributed by atoms with Gasteiger partial charge in [-0.25, -0.2) is 19.9 Å². The number of hydrogen-bond acceptors (Lipinski definition) is 7. The SMILES string of the molecule is C=CCCN(C)C(=O)c1cc(-c2ccnc(Nc3ccncn3)c2)cnc1N(C)C. The lowest BCUT2D eigenvalue weighted by atomic mass is 10.1. The minimum absolute atomic E-state index is 0.0803. The van der Waals surface area contributed by atoms with E-state index in [1.807, 2.05) is 37.2 Å². The molecule has 0 aliphatic rings. The van der Waals surface area contributed by atoms with Gasteiger partial charge in [0.15, 0.2) is 0 Å². The van der Waals surface area contributed by atoms with Gasteiger partial charge < -0.3 is 15.1 Å². The van der Waals surface area contributed by atoms with Gasteiger partial charge in [0.1, 0.15) is 23.8 Å². The number of nitrogens with zero attached hydrogens (tertiary/aromatic N) is 6. The Labute approximate surface area is 176 Å². The van der Waals surface area contributed by atoms with Gasteiger partial charge in [-0.3, -0.25) is 4.79 Å². The molecular formula is C22H25N7O. The predicted octanol–water partition coefficient (Wildman–Crippen LogP) is 3.39. The van der Waals surface area contributed by atoms with Gasteiger partial charge in [0.2, 0.25) is 0 Å². The van der Waals surface area contributed by atoms with Crippen LogP contribution in [0.25, 0.3) is 11.1 Å². The molecule has 0 radical (unpaired) electrons. The fourth-order valence-corrected chi connectivity index (χ4v) is 2.90. The third-order valence-electron chi connectivity index (χ3n) is 4.47. The second-order valence-corrected chi connectivity index (χ2v) is 6.94. The fraction of sp³-hybridized carbons (Fsp3) is 0.227. The monoisotopic (exact) mass is 403 g/mol. The Balaban J connectivity index is 1.94. The van der Waals surface area contributed by atoms with E-state index in [4.69, 9.17) is 0 Å². The molecule has 1 N–H and O–H groups in total. The van der Waals surface area contributed by atoms with Crippen LogP contribution in [-0.2, 0) is 0 Å². The van der Waals surface area contributed by atoms with Crippen LogP contribution in [-0.4, -0.2) is 58.4 Å². The Hall–Kier alpha value is -3.81. The van der Waals surface area contributed by atoms with Crippen LogP contribution in [0.5, 0.6) is 0 Å². The predicted molar refractivity (Wildman–Crippen MR) is 119 cm³/mol. The summed E-state index contributed by atoms with van der Waals surface area (Å²) in [6, 6.07) is 7.41. The van der Waals surface area contributed by atoms with Gasteiger partial charge in [-0.2, -0.15) is 0 Å². The molecule has 0 unspecified atom stereocenters. The first-order valence-electron chi connectivity index (χ1n) is 9.52. The van der Waals surface area contributed by atoms with Crippen molar-refractivity contribution >= 4 is 23.4 Å². The molecule has 0 saturated carbocycles. The van der Waals surface area contributed by atoms with Crippen molar-refractivity contribution in [3.8, 4) is 11.1 Å². The number of hydrogen-bond donors (Lipinski definition) is 1. The summed E-state index contributed by atoms with van der Waals surface area (Å²) >= 11 is 0. The van der Waals surface area contributed by atoms with Gasteiger partial charge in [-0.1, -0.05) is 6.08 Å². The molecule has 8 nitrogen and oxygen atoms in total. The Morgan fingerprint density at radius 2 is 1.90 bits per heavy atom. The van der Waals surface area contributed by atoms with Gasteiger partial charge in [0.25, 0.3) is 5.91 Å². The van der Waals surface area contributed by atoms with Gasteiger partial charge in [0.05, 0.1) is 5.56 Å². The third kappa shape index (κ3) is 4.96. The van der Waals surface area contributed by atoms with Crippen LogP contribution in [0.4, 0.5) is 17.5 Å². The molecule has 0 aliphatic carbocycles. The molecule has 1 amide bonds. The van der Waals surface area contributed by atoms with Crippen molar-refractivity contribution in [2.45, 2.75) is 6.42 Å². The van der Waals surface area contributed by atoms with Crippen LogP contribution < -0.4 is 10.2 Å². The minimum atomic E-state index is -0.0803. The smallest absolute Gasteiger partial charge is 0.257 e.